The Kier molecular flexibility index (Phi) is 4.06. The number of aryl methyl sites for hydroxylation is 1. The van der Waals surface area contributed by atoms with Gasteiger partial charge in [-0.2, -0.15) is 5.10 Å². The Hall–Kier alpha value is -1.36. The number of aromatic nitrogens is 2. The molecule has 0 spiro atoms. The smallest absolute Gasteiger partial charge is 0.217 e. The van der Waals surface area contributed by atoms with Gasteiger partial charge in [0, 0.05) is 26.1 Å². The molecule has 1 amide bonds. The van der Waals surface area contributed by atoms with Crippen LogP contribution in [0.3, 0.4) is 0 Å². The van der Waals surface area contributed by atoms with E-state index in [1.165, 1.54) is 0 Å². The van der Waals surface area contributed by atoms with E-state index in [1.807, 2.05) is 30.8 Å². The topological polar surface area (TPSA) is 70.1 Å². The van der Waals surface area contributed by atoms with Crippen LogP contribution in [0.5, 0.6) is 0 Å². The van der Waals surface area contributed by atoms with Gasteiger partial charge in [0.2, 0.25) is 5.91 Å². The number of carbonyl (C=O) groups excluding carboxylic acids is 1. The van der Waals surface area contributed by atoms with Crippen molar-refractivity contribution in [2.45, 2.75) is 38.8 Å². The van der Waals surface area contributed by atoms with Crippen molar-refractivity contribution in [3.63, 3.8) is 0 Å². The molecule has 5 heteroatoms. The van der Waals surface area contributed by atoms with Crippen molar-refractivity contribution in [1.82, 2.24) is 9.78 Å². The monoisotopic (exact) mass is 225 g/mol. The Bertz CT molecular complexity index is 358. The largest absolute Gasteiger partial charge is 0.377 e. The Morgan fingerprint density at radius 3 is 2.88 bits per heavy atom. The fraction of sp³-hybridized carbons (Fsp3) is 0.636. The molecule has 0 fully saturated rings. The Morgan fingerprint density at radius 1 is 1.62 bits per heavy atom. The summed E-state index contributed by atoms with van der Waals surface area (Å²) in [7, 11) is 1.68. The lowest BCUT2D eigenvalue weighted by atomic mass is 10.1. The van der Waals surface area contributed by atoms with Crippen molar-refractivity contribution < 1.29 is 9.53 Å². The summed E-state index contributed by atoms with van der Waals surface area (Å²) in [6.07, 6.45) is 2.82. The summed E-state index contributed by atoms with van der Waals surface area (Å²) in [6, 6.07) is 1.90. The zero-order chi connectivity index (χ0) is 12.2. The zero-order valence-corrected chi connectivity index (χ0v) is 10.1. The maximum atomic E-state index is 10.6. The van der Waals surface area contributed by atoms with Crippen LogP contribution in [0.2, 0.25) is 0 Å². The number of nitrogens with two attached hydrogens (primary N) is 1. The van der Waals surface area contributed by atoms with E-state index in [2.05, 4.69) is 5.10 Å². The van der Waals surface area contributed by atoms with E-state index in [1.54, 1.807) is 7.11 Å². The molecular weight excluding hydrogens is 206 g/mol. The fourth-order valence-corrected chi connectivity index (χ4v) is 1.33. The van der Waals surface area contributed by atoms with Crippen LogP contribution in [0.15, 0.2) is 12.3 Å². The SMILES string of the molecule is COC(C)(C)Cn1ccc(CCC(N)=O)n1. The highest BCUT2D eigenvalue weighted by atomic mass is 16.5. The highest BCUT2D eigenvalue weighted by Gasteiger charge is 2.17. The van der Waals surface area contributed by atoms with Gasteiger partial charge in [-0.1, -0.05) is 0 Å². The summed E-state index contributed by atoms with van der Waals surface area (Å²) in [6.45, 7) is 4.68. The van der Waals surface area contributed by atoms with Crippen LogP contribution in [0.4, 0.5) is 0 Å². The number of hydrogen-bond donors (Lipinski definition) is 1. The summed E-state index contributed by atoms with van der Waals surface area (Å²) >= 11 is 0. The highest BCUT2D eigenvalue weighted by molar-refractivity contribution is 5.73. The molecule has 1 aromatic heterocycles. The maximum absolute atomic E-state index is 10.6. The van der Waals surface area contributed by atoms with E-state index < -0.39 is 0 Å². The van der Waals surface area contributed by atoms with Crippen molar-refractivity contribution in [2.75, 3.05) is 7.11 Å². The van der Waals surface area contributed by atoms with Gasteiger partial charge in [-0.15, -0.1) is 0 Å². The molecule has 16 heavy (non-hydrogen) atoms. The first-order chi connectivity index (χ1) is 7.43. The van der Waals surface area contributed by atoms with E-state index in [4.69, 9.17) is 10.5 Å². The summed E-state index contributed by atoms with van der Waals surface area (Å²) in [5.74, 6) is -0.299. The number of hydrogen-bond acceptors (Lipinski definition) is 3. The number of carbonyl (C=O) groups is 1. The number of nitrogens with zero attached hydrogens (tertiary/aromatic N) is 2. The van der Waals surface area contributed by atoms with Crippen molar-refractivity contribution in [3.8, 4) is 0 Å². The number of ether oxygens (including phenoxy) is 1. The van der Waals surface area contributed by atoms with Crippen LogP contribution in [0, 0.1) is 0 Å². The lowest BCUT2D eigenvalue weighted by molar-refractivity contribution is -0.118. The summed E-state index contributed by atoms with van der Waals surface area (Å²) in [5, 5.41) is 4.34. The second-order valence-electron chi connectivity index (χ2n) is 4.43. The van der Waals surface area contributed by atoms with Gasteiger partial charge in [0.1, 0.15) is 0 Å². The third-order valence-electron chi connectivity index (χ3n) is 2.42. The molecule has 1 rings (SSSR count). The fourth-order valence-electron chi connectivity index (χ4n) is 1.33. The van der Waals surface area contributed by atoms with Crippen LogP contribution in [0.1, 0.15) is 26.0 Å². The molecule has 0 aliphatic rings. The summed E-state index contributed by atoms with van der Waals surface area (Å²) in [5.41, 5.74) is 5.71. The van der Waals surface area contributed by atoms with Gasteiger partial charge in [0.25, 0.3) is 0 Å². The third kappa shape index (κ3) is 4.02. The van der Waals surface area contributed by atoms with Crippen LogP contribution in [0.25, 0.3) is 0 Å². The van der Waals surface area contributed by atoms with E-state index >= 15 is 0 Å². The lowest BCUT2D eigenvalue weighted by Gasteiger charge is -2.22. The van der Waals surface area contributed by atoms with Gasteiger partial charge < -0.3 is 10.5 Å². The Morgan fingerprint density at radius 2 is 2.31 bits per heavy atom. The predicted octanol–water partition coefficient (Wildman–Crippen LogP) is 0.726. The highest BCUT2D eigenvalue weighted by Crippen LogP contribution is 2.11. The summed E-state index contributed by atoms with van der Waals surface area (Å²) in [4.78, 5) is 10.6. The van der Waals surface area contributed by atoms with E-state index in [0.717, 1.165) is 5.69 Å². The van der Waals surface area contributed by atoms with Crippen molar-refractivity contribution >= 4 is 5.91 Å². The quantitative estimate of drug-likeness (QED) is 0.775. The van der Waals surface area contributed by atoms with Crippen LogP contribution >= 0.6 is 0 Å². The van der Waals surface area contributed by atoms with E-state index in [0.29, 0.717) is 19.4 Å². The molecule has 0 saturated heterocycles. The van der Waals surface area contributed by atoms with Gasteiger partial charge >= 0.3 is 0 Å². The first-order valence-corrected chi connectivity index (χ1v) is 5.29. The first-order valence-electron chi connectivity index (χ1n) is 5.29. The van der Waals surface area contributed by atoms with Gasteiger partial charge in [-0.25, -0.2) is 0 Å². The number of primary amides is 1. The molecular formula is C11H19N3O2. The molecule has 0 aromatic carbocycles. The standard InChI is InChI=1S/C11H19N3O2/c1-11(2,16-3)8-14-7-6-9(13-14)4-5-10(12)15/h6-7H,4-5,8H2,1-3H3,(H2,12,15). The second-order valence-corrected chi connectivity index (χ2v) is 4.43. The van der Waals surface area contributed by atoms with Crippen molar-refractivity contribution in [1.29, 1.82) is 0 Å². The predicted molar refractivity (Wildman–Crippen MR) is 60.8 cm³/mol. The Balaban J connectivity index is 2.54. The third-order valence-corrected chi connectivity index (χ3v) is 2.42. The van der Waals surface area contributed by atoms with E-state index in [-0.39, 0.29) is 11.5 Å². The minimum Gasteiger partial charge on any atom is -0.377 e. The average molecular weight is 225 g/mol. The molecule has 2 N–H and O–H groups in total. The van der Waals surface area contributed by atoms with Crippen molar-refractivity contribution in [2.24, 2.45) is 5.73 Å². The van der Waals surface area contributed by atoms with E-state index in [9.17, 15) is 4.79 Å². The molecule has 1 heterocycles. The van der Waals surface area contributed by atoms with Gasteiger partial charge in [0.15, 0.2) is 0 Å². The summed E-state index contributed by atoms with van der Waals surface area (Å²) < 4.78 is 7.13. The normalized spacial score (nSPS) is 11.7. The van der Waals surface area contributed by atoms with Crippen LogP contribution < -0.4 is 5.73 Å². The molecule has 0 atom stereocenters. The number of amides is 1. The molecule has 0 radical (unpaired) electrons. The minimum absolute atomic E-state index is 0.243. The van der Waals surface area contributed by atoms with Crippen LogP contribution in [-0.2, 0) is 22.5 Å². The molecule has 0 aliphatic carbocycles. The first kappa shape index (κ1) is 12.7. The molecule has 0 unspecified atom stereocenters. The maximum Gasteiger partial charge on any atom is 0.217 e. The number of methoxy groups -OCH3 is 1. The average Bonchev–Trinajstić information content (AvgIpc) is 2.62. The zero-order valence-electron chi connectivity index (χ0n) is 10.1. The molecule has 5 nitrogen and oxygen atoms in total. The Labute approximate surface area is 95.6 Å². The van der Waals surface area contributed by atoms with Gasteiger partial charge in [-0.05, 0) is 19.9 Å². The minimum atomic E-state index is -0.299. The molecule has 90 valence electrons. The second kappa shape index (κ2) is 5.12. The molecule has 0 bridgehead atoms. The molecule has 0 aliphatic heterocycles. The van der Waals surface area contributed by atoms with Gasteiger partial charge in [0.05, 0.1) is 17.8 Å². The van der Waals surface area contributed by atoms with Crippen molar-refractivity contribution in [3.05, 3.63) is 18.0 Å². The van der Waals surface area contributed by atoms with Gasteiger partial charge in [-0.3, -0.25) is 9.48 Å². The lowest BCUT2D eigenvalue weighted by Crippen LogP contribution is -2.29. The van der Waals surface area contributed by atoms with Crippen LogP contribution in [-0.4, -0.2) is 28.4 Å². The number of rotatable bonds is 6. The molecule has 0 saturated carbocycles. The molecule has 1 aromatic rings.